The standard InChI is InChI=1S/C19H18FN5O2/c1-8-12(20)6-14(26)9(2)16(8)25-17-10(15(18(25)21)19(22)27)4-5-13-11(17)7-24(3)23-13/h4-7,26H,21H2,1-3H3,(H2,22,27). The van der Waals surface area contributed by atoms with E-state index in [9.17, 15) is 14.3 Å². The van der Waals surface area contributed by atoms with E-state index in [-0.39, 0.29) is 17.1 Å². The predicted molar refractivity (Wildman–Crippen MR) is 102 cm³/mol. The van der Waals surface area contributed by atoms with Gasteiger partial charge < -0.3 is 16.6 Å². The van der Waals surface area contributed by atoms with Gasteiger partial charge in [-0.3, -0.25) is 14.0 Å². The van der Waals surface area contributed by atoms with E-state index >= 15 is 0 Å². The number of rotatable bonds is 2. The van der Waals surface area contributed by atoms with Crippen molar-refractivity contribution in [2.45, 2.75) is 13.8 Å². The molecular formula is C19H18FN5O2. The van der Waals surface area contributed by atoms with E-state index in [1.54, 1.807) is 48.5 Å². The van der Waals surface area contributed by atoms with Crippen molar-refractivity contribution in [2.24, 2.45) is 12.8 Å². The number of primary amides is 1. The molecule has 4 aromatic rings. The number of amides is 1. The predicted octanol–water partition coefficient (Wildman–Crippen LogP) is 2.66. The van der Waals surface area contributed by atoms with Gasteiger partial charge >= 0.3 is 0 Å². The molecule has 0 unspecified atom stereocenters. The second-order valence-electron chi connectivity index (χ2n) is 6.63. The average molecular weight is 367 g/mol. The number of nitrogens with two attached hydrogens (primary N) is 2. The number of nitrogens with zero attached hydrogens (tertiary/aromatic N) is 3. The van der Waals surface area contributed by atoms with Gasteiger partial charge in [-0.1, -0.05) is 0 Å². The summed E-state index contributed by atoms with van der Waals surface area (Å²) in [6.07, 6.45) is 1.79. The number of phenolic OH excluding ortho intramolecular Hbond substituents is 1. The van der Waals surface area contributed by atoms with Gasteiger partial charge in [0.1, 0.15) is 17.4 Å². The highest BCUT2D eigenvalue weighted by Crippen LogP contribution is 2.39. The fourth-order valence-corrected chi connectivity index (χ4v) is 3.69. The molecule has 2 aromatic heterocycles. The number of aryl methyl sites for hydroxylation is 1. The Morgan fingerprint density at radius 1 is 1.22 bits per heavy atom. The molecule has 0 atom stereocenters. The Labute approximate surface area is 153 Å². The van der Waals surface area contributed by atoms with E-state index < -0.39 is 11.7 Å². The van der Waals surface area contributed by atoms with Crippen LogP contribution in [0.5, 0.6) is 5.75 Å². The smallest absolute Gasteiger partial charge is 0.253 e. The number of hydrogen-bond donors (Lipinski definition) is 3. The van der Waals surface area contributed by atoms with Crippen LogP contribution in [0.1, 0.15) is 21.5 Å². The molecule has 0 radical (unpaired) electrons. The zero-order chi connectivity index (χ0) is 19.6. The lowest BCUT2D eigenvalue weighted by molar-refractivity contribution is 0.100. The Morgan fingerprint density at radius 3 is 2.59 bits per heavy atom. The second kappa shape index (κ2) is 5.47. The van der Waals surface area contributed by atoms with Gasteiger partial charge in [0.25, 0.3) is 5.91 Å². The molecule has 1 amide bonds. The van der Waals surface area contributed by atoms with Gasteiger partial charge in [0, 0.05) is 41.2 Å². The summed E-state index contributed by atoms with van der Waals surface area (Å²) in [4.78, 5) is 12.1. The van der Waals surface area contributed by atoms with Gasteiger partial charge in [-0.25, -0.2) is 4.39 Å². The van der Waals surface area contributed by atoms with Crippen molar-refractivity contribution < 1.29 is 14.3 Å². The summed E-state index contributed by atoms with van der Waals surface area (Å²) in [5.41, 5.74) is 14.4. The molecule has 2 aromatic carbocycles. The highest BCUT2D eigenvalue weighted by Gasteiger charge is 2.25. The van der Waals surface area contributed by atoms with Gasteiger partial charge in [-0.2, -0.15) is 5.10 Å². The van der Waals surface area contributed by atoms with E-state index in [1.165, 1.54) is 0 Å². The zero-order valence-electron chi connectivity index (χ0n) is 15.0. The van der Waals surface area contributed by atoms with Gasteiger partial charge in [-0.15, -0.1) is 0 Å². The number of fused-ring (bicyclic) bond motifs is 3. The number of phenols is 1. The lowest BCUT2D eigenvalue weighted by Crippen LogP contribution is -2.14. The fourth-order valence-electron chi connectivity index (χ4n) is 3.69. The Bertz CT molecular complexity index is 1240. The number of halogens is 1. The minimum Gasteiger partial charge on any atom is -0.507 e. The van der Waals surface area contributed by atoms with Crippen molar-refractivity contribution in [1.82, 2.24) is 14.3 Å². The van der Waals surface area contributed by atoms with Crippen molar-refractivity contribution in [3.8, 4) is 11.4 Å². The summed E-state index contributed by atoms with van der Waals surface area (Å²) in [5, 5.41) is 15.8. The van der Waals surface area contributed by atoms with Gasteiger partial charge in [0.05, 0.1) is 22.3 Å². The van der Waals surface area contributed by atoms with Crippen LogP contribution in [0.2, 0.25) is 0 Å². The van der Waals surface area contributed by atoms with Crippen LogP contribution in [0.3, 0.4) is 0 Å². The first-order valence-electron chi connectivity index (χ1n) is 8.27. The molecule has 5 N–H and O–H groups in total. The third kappa shape index (κ3) is 2.19. The molecule has 7 nitrogen and oxygen atoms in total. The first-order valence-corrected chi connectivity index (χ1v) is 8.27. The van der Waals surface area contributed by atoms with Crippen LogP contribution >= 0.6 is 0 Å². The van der Waals surface area contributed by atoms with Crippen molar-refractivity contribution in [2.75, 3.05) is 5.73 Å². The molecule has 4 rings (SSSR count). The van der Waals surface area contributed by atoms with Crippen LogP contribution in [0.15, 0.2) is 24.4 Å². The molecule has 0 spiro atoms. The Kier molecular flexibility index (Phi) is 3.42. The van der Waals surface area contributed by atoms with Gasteiger partial charge in [-0.05, 0) is 26.0 Å². The van der Waals surface area contributed by atoms with Crippen LogP contribution in [0, 0.1) is 19.7 Å². The maximum atomic E-state index is 14.4. The monoisotopic (exact) mass is 367 g/mol. The van der Waals surface area contributed by atoms with E-state index in [0.29, 0.717) is 33.2 Å². The maximum Gasteiger partial charge on any atom is 0.253 e. The molecule has 138 valence electrons. The summed E-state index contributed by atoms with van der Waals surface area (Å²) in [6.45, 7) is 3.26. The Balaban J connectivity index is 2.31. The topological polar surface area (TPSA) is 112 Å². The lowest BCUT2D eigenvalue weighted by atomic mass is 10.1. The normalized spacial score (nSPS) is 11.6. The zero-order valence-corrected chi connectivity index (χ0v) is 15.0. The maximum absolute atomic E-state index is 14.4. The molecule has 0 fully saturated rings. The van der Waals surface area contributed by atoms with E-state index in [1.807, 2.05) is 0 Å². The summed E-state index contributed by atoms with van der Waals surface area (Å²) in [5.74, 6) is -1.37. The molecule has 0 saturated carbocycles. The van der Waals surface area contributed by atoms with Gasteiger partial charge in [0.2, 0.25) is 0 Å². The first kappa shape index (κ1) is 16.9. The van der Waals surface area contributed by atoms with Crippen molar-refractivity contribution in [1.29, 1.82) is 0 Å². The van der Waals surface area contributed by atoms with Crippen molar-refractivity contribution in [3.63, 3.8) is 0 Å². The second-order valence-corrected chi connectivity index (χ2v) is 6.63. The third-order valence-electron chi connectivity index (χ3n) is 4.95. The molecule has 0 aliphatic rings. The van der Waals surface area contributed by atoms with E-state index in [0.717, 1.165) is 11.5 Å². The molecule has 0 aliphatic carbocycles. The number of anilines is 1. The third-order valence-corrected chi connectivity index (χ3v) is 4.95. The van der Waals surface area contributed by atoms with Crippen LogP contribution in [0.25, 0.3) is 27.5 Å². The molecule has 2 heterocycles. The number of benzene rings is 2. The number of carbonyl (C=O) groups excluding carboxylic acids is 1. The van der Waals surface area contributed by atoms with Crippen molar-refractivity contribution in [3.05, 3.63) is 46.9 Å². The van der Waals surface area contributed by atoms with E-state index in [2.05, 4.69) is 5.10 Å². The lowest BCUT2D eigenvalue weighted by Gasteiger charge is -2.17. The molecule has 27 heavy (non-hydrogen) atoms. The number of hydrogen-bond acceptors (Lipinski definition) is 4. The number of carbonyl (C=O) groups is 1. The van der Waals surface area contributed by atoms with Crippen LogP contribution in [0.4, 0.5) is 10.2 Å². The van der Waals surface area contributed by atoms with Crippen LogP contribution in [-0.4, -0.2) is 25.4 Å². The molecule has 0 bridgehead atoms. The quantitative estimate of drug-likeness (QED) is 0.505. The van der Waals surface area contributed by atoms with Crippen molar-refractivity contribution >= 4 is 33.5 Å². The highest BCUT2D eigenvalue weighted by molar-refractivity contribution is 6.18. The number of aromatic nitrogens is 3. The van der Waals surface area contributed by atoms with Crippen LogP contribution in [-0.2, 0) is 7.05 Å². The fraction of sp³-hybridized carbons (Fsp3) is 0.158. The molecule has 0 aliphatic heterocycles. The molecule has 0 saturated heterocycles. The number of nitrogen functional groups attached to an aromatic ring is 1. The summed E-state index contributed by atoms with van der Waals surface area (Å²) >= 11 is 0. The van der Waals surface area contributed by atoms with Crippen LogP contribution < -0.4 is 11.5 Å². The van der Waals surface area contributed by atoms with Gasteiger partial charge in [0.15, 0.2) is 0 Å². The molecule has 8 heteroatoms. The molecular weight excluding hydrogens is 349 g/mol. The summed E-state index contributed by atoms with van der Waals surface area (Å²) in [6, 6.07) is 4.56. The number of aromatic hydroxyl groups is 1. The minimum atomic E-state index is -0.685. The minimum absolute atomic E-state index is 0.0880. The SMILES string of the molecule is Cc1c(O)cc(F)c(C)c1-n1c(N)c(C(N)=O)c2ccc3nn(C)cc3c21. The van der Waals surface area contributed by atoms with E-state index in [4.69, 9.17) is 11.5 Å². The average Bonchev–Trinajstić information content (AvgIpc) is 3.10. The largest absolute Gasteiger partial charge is 0.507 e. The summed E-state index contributed by atoms with van der Waals surface area (Å²) in [7, 11) is 1.78. The Hall–Kier alpha value is -3.55. The highest BCUT2D eigenvalue weighted by atomic mass is 19.1. The Morgan fingerprint density at radius 2 is 1.93 bits per heavy atom. The summed E-state index contributed by atoms with van der Waals surface area (Å²) < 4.78 is 17.6. The first-order chi connectivity index (χ1) is 12.7.